The minimum atomic E-state index is -0.577. The average molecular weight is 286 g/mol. The van der Waals surface area contributed by atoms with Crippen LogP contribution in [-0.4, -0.2) is 37.8 Å². The molecule has 3 rings (SSSR count). The molecule has 1 fully saturated rings. The Morgan fingerprint density at radius 2 is 1.95 bits per heavy atom. The van der Waals surface area contributed by atoms with Gasteiger partial charge in [0.15, 0.2) is 0 Å². The first kappa shape index (κ1) is 14.4. The van der Waals surface area contributed by atoms with Crippen molar-refractivity contribution in [1.82, 2.24) is 4.90 Å². The van der Waals surface area contributed by atoms with E-state index in [1.54, 1.807) is 0 Å². The van der Waals surface area contributed by atoms with Gasteiger partial charge in [-0.15, -0.1) is 0 Å². The van der Waals surface area contributed by atoms with Crippen molar-refractivity contribution < 1.29 is 9.47 Å². The topological polar surface area (TPSA) is 45.5 Å². The molecule has 0 amide bonds. The SMILES string of the molecule is Cc1cc(C)c2c(c1)C(C#N)(N1CCOCC1)CCCO2. The van der Waals surface area contributed by atoms with Crippen LogP contribution in [0.2, 0.25) is 0 Å². The summed E-state index contributed by atoms with van der Waals surface area (Å²) in [5, 5.41) is 10.1. The third kappa shape index (κ3) is 2.41. The molecule has 0 aliphatic carbocycles. The predicted octanol–water partition coefficient (Wildman–Crippen LogP) is 2.53. The van der Waals surface area contributed by atoms with Crippen LogP contribution in [-0.2, 0) is 10.3 Å². The molecule has 2 heterocycles. The Balaban J connectivity index is 2.15. The molecular formula is C17H22N2O2. The lowest BCUT2D eigenvalue weighted by molar-refractivity contribution is -0.00765. The third-order valence-electron chi connectivity index (χ3n) is 4.53. The lowest BCUT2D eigenvalue weighted by atomic mass is 9.83. The van der Waals surface area contributed by atoms with Gasteiger partial charge >= 0.3 is 0 Å². The molecule has 1 atom stereocenters. The first-order valence-electron chi connectivity index (χ1n) is 7.66. The van der Waals surface area contributed by atoms with Gasteiger partial charge in [0, 0.05) is 18.7 Å². The summed E-state index contributed by atoms with van der Waals surface area (Å²) in [5.41, 5.74) is 2.78. The standard InChI is InChI=1S/C17H22N2O2/c1-13-10-14(2)16-15(11-13)17(12-18,4-3-7-21-16)19-5-8-20-9-6-19/h10-11H,3-9H2,1-2H3. The predicted molar refractivity (Wildman–Crippen MR) is 80.3 cm³/mol. The summed E-state index contributed by atoms with van der Waals surface area (Å²) in [6, 6.07) is 6.89. The minimum Gasteiger partial charge on any atom is -0.493 e. The van der Waals surface area contributed by atoms with E-state index in [-0.39, 0.29) is 0 Å². The molecule has 0 bridgehead atoms. The van der Waals surface area contributed by atoms with Crippen molar-refractivity contribution in [3.63, 3.8) is 0 Å². The highest BCUT2D eigenvalue weighted by Crippen LogP contribution is 2.43. The van der Waals surface area contributed by atoms with Gasteiger partial charge in [-0.05, 0) is 38.3 Å². The third-order valence-corrected chi connectivity index (χ3v) is 4.53. The second-order valence-corrected chi connectivity index (χ2v) is 5.98. The largest absolute Gasteiger partial charge is 0.493 e. The summed E-state index contributed by atoms with van der Waals surface area (Å²) in [7, 11) is 0. The summed E-state index contributed by atoms with van der Waals surface area (Å²) in [6.45, 7) is 7.84. The number of rotatable bonds is 1. The van der Waals surface area contributed by atoms with Crippen molar-refractivity contribution in [3.8, 4) is 11.8 Å². The molecule has 2 aliphatic rings. The molecule has 112 valence electrons. The Hall–Kier alpha value is -1.57. The zero-order valence-electron chi connectivity index (χ0n) is 12.8. The van der Waals surface area contributed by atoms with Crippen molar-refractivity contribution in [2.45, 2.75) is 32.2 Å². The first-order chi connectivity index (χ1) is 10.2. The van der Waals surface area contributed by atoms with Gasteiger partial charge < -0.3 is 9.47 Å². The normalized spacial score (nSPS) is 26.3. The van der Waals surface area contributed by atoms with Crippen molar-refractivity contribution in [3.05, 3.63) is 28.8 Å². The van der Waals surface area contributed by atoms with Crippen LogP contribution < -0.4 is 4.74 Å². The van der Waals surface area contributed by atoms with Crippen LogP contribution in [0, 0.1) is 25.2 Å². The first-order valence-corrected chi connectivity index (χ1v) is 7.66. The van der Waals surface area contributed by atoms with Crippen molar-refractivity contribution in [1.29, 1.82) is 5.26 Å². The molecule has 4 nitrogen and oxygen atoms in total. The van der Waals surface area contributed by atoms with Crippen LogP contribution in [0.4, 0.5) is 0 Å². The van der Waals surface area contributed by atoms with Crippen LogP contribution in [0.3, 0.4) is 0 Å². The van der Waals surface area contributed by atoms with E-state index < -0.39 is 5.54 Å². The van der Waals surface area contributed by atoms with Crippen LogP contribution in [0.25, 0.3) is 0 Å². The van der Waals surface area contributed by atoms with E-state index in [9.17, 15) is 5.26 Å². The van der Waals surface area contributed by atoms with Gasteiger partial charge in [-0.1, -0.05) is 11.6 Å². The van der Waals surface area contributed by atoms with Crippen LogP contribution >= 0.6 is 0 Å². The maximum Gasteiger partial charge on any atom is 0.138 e. The van der Waals surface area contributed by atoms with Gasteiger partial charge in [-0.2, -0.15) is 5.26 Å². The molecule has 4 heteroatoms. The second kappa shape index (κ2) is 5.67. The Labute approximate surface area is 126 Å². The number of morpholine rings is 1. The summed E-state index contributed by atoms with van der Waals surface area (Å²) in [5.74, 6) is 0.908. The number of nitriles is 1. The van der Waals surface area contributed by atoms with E-state index in [0.29, 0.717) is 19.8 Å². The second-order valence-electron chi connectivity index (χ2n) is 5.98. The summed E-state index contributed by atoms with van der Waals surface area (Å²) < 4.78 is 11.4. The molecule has 0 aromatic heterocycles. The number of hydrogen-bond donors (Lipinski definition) is 0. The Kier molecular flexibility index (Phi) is 3.88. The zero-order chi connectivity index (χ0) is 14.9. The molecule has 1 saturated heterocycles. The molecule has 2 aliphatic heterocycles. The van der Waals surface area contributed by atoms with Crippen molar-refractivity contribution in [2.24, 2.45) is 0 Å². The van der Waals surface area contributed by atoms with Crippen LogP contribution in [0.5, 0.6) is 5.75 Å². The highest BCUT2D eigenvalue weighted by atomic mass is 16.5. The molecule has 1 aromatic carbocycles. The fourth-order valence-corrected chi connectivity index (χ4v) is 3.55. The summed E-state index contributed by atoms with van der Waals surface area (Å²) in [4.78, 5) is 2.28. The molecule has 0 radical (unpaired) electrons. The molecule has 1 aromatic rings. The monoisotopic (exact) mass is 286 g/mol. The molecule has 0 N–H and O–H groups in total. The number of fused-ring (bicyclic) bond motifs is 1. The lowest BCUT2D eigenvalue weighted by Crippen LogP contribution is -2.50. The van der Waals surface area contributed by atoms with Gasteiger partial charge in [-0.25, -0.2) is 0 Å². The molecule has 21 heavy (non-hydrogen) atoms. The van der Waals surface area contributed by atoms with E-state index >= 15 is 0 Å². The number of ether oxygens (including phenoxy) is 2. The van der Waals surface area contributed by atoms with Gasteiger partial charge in [0.05, 0.1) is 25.9 Å². The number of benzene rings is 1. The maximum absolute atomic E-state index is 10.1. The number of nitrogens with zero attached hydrogens (tertiary/aromatic N) is 2. The van der Waals surface area contributed by atoms with Gasteiger partial charge in [0.1, 0.15) is 11.3 Å². The molecule has 1 unspecified atom stereocenters. The molecular weight excluding hydrogens is 264 g/mol. The smallest absolute Gasteiger partial charge is 0.138 e. The number of hydrogen-bond acceptors (Lipinski definition) is 4. The Morgan fingerprint density at radius 3 is 2.67 bits per heavy atom. The molecule has 0 spiro atoms. The van der Waals surface area contributed by atoms with Crippen molar-refractivity contribution >= 4 is 0 Å². The highest BCUT2D eigenvalue weighted by molar-refractivity contribution is 5.51. The summed E-state index contributed by atoms with van der Waals surface area (Å²) >= 11 is 0. The number of aryl methyl sites for hydroxylation is 2. The lowest BCUT2D eigenvalue weighted by Gasteiger charge is -2.41. The van der Waals surface area contributed by atoms with E-state index in [0.717, 1.165) is 42.8 Å². The Bertz CT molecular complexity index is 573. The quantitative estimate of drug-likeness (QED) is 0.796. The summed E-state index contributed by atoms with van der Waals surface area (Å²) in [6.07, 6.45) is 1.72. The van der Waals surface area contributed by atoms with Crippen LogP contribution in [0.1, 0.15) is 29.5 Å². The Morgan fingerprint density at radius 1 is 1.19 bits per heavy atom. The van der Waals surface area contributed by atoms with Crippen LogP contribution in [0.15, 0.2) is 12.1 Å². The average Bonchev–Trinajstić information content (AvgIpc) is 2.68. The fourth-order valence-electron chi connectivity index (χ4n) is 3.55. The zero-order valence-corrected chi connectivity index (χ0v) is 12.8. The van der Waals surface area contributed by atoms with Gasteiger partial charge in [0.2, 0.25) is 0 Å². The maximum atomic E-state index is 10.1. The minimum absolute atomic E-state index is 0.577. The van der Waals surface area contributed by atoms with E-state index in [1.807, 2.05) is 0 Å². The molecule has 0 saturated carbocycles. The van der Waals surface area contributed by atoms with Gasteiger partial charge in [0.25, 0.3) is 0 Å². The highest BCUT2D eigenvalue weighted by Gasteiger charge is 2.43. The fraction of sp³-hybridized carbons (Fsp3) is 0.588. The van der Waals surface area contributed by atoms with Crippen molar-refractivity contribution in [2.75, 3.05) is 32.9 Å². The van der Waals surface area contributed by atoms with E-state index in [2.05, 4.69) is 36.9 Å². The van der Waals surface area contributed by atoms with E-state index in [4.69, 9.17) is 9.47 Å². The van der Waals surface area contributed by atoms with E-state index in [1.165, 1.54) is 5.56 Å². The van der Waals surface area contributed by atoms with Gasteiger partial charge in [-0.3, -0.25) is 4.90 Å².